The number of piperazine rings is 1. The second-order valence-electron chi connectivity index (χ2n) is 8.23. The van der Waals surface area contributed by atoms with Gasteiger partial charge in [0.05, 0.1) is 16.8 Å². The van der Waals surface area contributed by atoms with Crippen LogP contribution in [0.3, 0.4) is 0 Å². The van der Waals surface area contributed by atoms with Gasteiger partial charge in [0.25, 0.3) is 5.91 Å². The zero-order valence-electron chi connectivity index (χ0n) is 17.5. The SMILES string of the molecule is CC(C)S(=O)(=O)c1ccc(C(=O)N2CCN(Cc3ccc4c(c3)CCO4)CC2)cc1. The minimum Gasteiger partial charge on any atom is -0.493 e. The first-order chi connectivity index (χ1) is 14.3. The van der Waals surface area contributed by atoms with Crippen LogP contribution in [0.1, 0.15) is 35.3 Å². The molecule has 2 heterocycles. The van der Waals surface area contributed by atoms with Crippen molar-refractivity contribution in [1.29, 1.82) is 0 Å². The van der Waals surface area contributed by atoms with E-state index in [0.717, 1.165) is 38.4 Å². The third-order valence-corrected chi connectivity index (χ3v) is 8.04. The molecule has 2 aliphatic rings. The fourth-order valence-corrected chi connectivity index (χ4v) is 5.01. The van der Waals surface area contributed by atoms with E-state index in [-0.39, 0.29) is 10.8 Å². The number of amides is 1. The van der Waals surface area contributed by atoms with Gasteiger partial charge in [-0.05, 0) is 55.3 Å². The van der Waals surface area contributed by atoms with Gasteiger partial charge >= 0.3 is 0 Å². The number of fused-ring (bicyclic) bond motifs is 1. The molecule has 0 aliphatic carbocycles. The number of benzene rings is 2. The molecule has 0 spiro atoms. The van der Waals surface area contributed by atoms with E-state index in [2.05, 4.69) is 23.1 Å². The summed E-state index contributed by atoms with van der Waals surface area (Å²) >= 11 is 0. The Morgan fingerprint density at radius 2 is 1.73 bits per heavy atom. The quantitative estimate of drug-likeness (QED) is 0.733. The maximum Gasteiger partial charge on any atom is 0.253 e. The average molecular weight is 429 g/mol. The zero-order valence-corrected chi connectivity index (χ0v) is 18.3. The summed E-state index contributed by atoms with van der Waals surface area (Å²) in [7, 11) is -3.32. The highest BCUT2D eigenvalue weighted by Crippen LogP contribution is 2.26. The molecule has 1 amide bonds. The van der Waals surface area contributed by atoms with Gasteiger partial charge in [0.15, 0.2) is 9.84 Å². The van der Waals surface area contributed by atoms with Gasteiger partial charge in [-0.2, -0.15) is 0 Å². The molecule has 0 radical (unpaired) electrons. The molecule has 1 saturated heterocycles. The summed E-state index contributed by atoms with van der Waals surface area (Å²) in [5.41, 5.74) is 3.09. The van der Waals surface area contributed by atoms with Crippen LogP contribution in [0.4, 0.5) is 0 Å². The van der Waals surface area contributed by atoms with Crippen LogP contribution in [-0.2, 0) is 22.8 Å². The molecule has 6 nitrogen and oxygen atoms in total. The van der Waals surface area contributed by atoms with Crippen LogP contribution in [0.2, 0.25) is 0 Å². The predicted octanol–water partition coefficient (Wildman–Crippen LogP) is 2.76. The number of hydrogen-bond donors (Lipinski definition) is 0. The van der Waals surface area contributed by atoms with Crippen LogP contribution in [0.5, 0.6) is 5.75 Å². The summed E-state index contributed by atoms with van der Waals surface area (Å²) in [4.78, 5) is 17.3. The molecular weight excluding hydrogens is 400 g/mol. The largest absolute Gasteiger partial charge is 0.493 e. The first-order valence-corrected chi connectivity index (χ1v) is 12.0. The van der Waals surface area contributed by atoms with Crippen molar-refractivity contribution < 1.29 is 17.9 Å². The number of hydrogen-bond acceptors (Lipinski definition) is 5. The second-order valence-corrected chi connectivity index (χ2v) is 10.7. The lowest BCUT2D eigenvalue weighted by atomic mass is 10.1. The van der Waals surface area contributed by atoms with Gasteiger partial charge in [-0.25, -0.2) is 8.42 Å². The van der Waals surface area contributed by atoms with E-state index in [0.29, 0.717) is 18.7 Å². The molecule has 0 N–H and O–H groups in total. The number of sulfone groups is 1. The Kier molecular flexibility index (Phi) is 5.84. The van der Waals surface area contributed by atoms with Crippen LogP contribution in [0, 0.1) is 0 Å². The molecule has 2 aromatic carbocycles. The van der Waals surface area contributed by atoms with E-state index in [1.807, 2.05) is 4.90 Å². The lowest BCUT2D eigenvalue weighted by Crippen LogP contribution is -2.48. The first-order valence-electron chi connectivity index (χ1n) is 10.4. The van der Waals surface area contributed by atoms with E-state index in [1.54, 1.807) is 26.0 Å². The van der Waals surface area contributed by atoms with E-state index in [9.17, 15) is 13.2 Å². The summed E-state index contributed by atoms with van der Waals surface area (Å²) in [6.45, 7) is 7.92. The van der Waals surface area contributed by atoms with Crippen molar-refractivity contribution in [2.75, 3.05) is 32.8 Å². The highest BCUT2D eigenvalue weighted by molar-refractivity contribution is 7.92. The van der Waals surface area contributed by atoms with Crippen molar-refractivity contribution in [1.82, 2.24) is 9.80 Å². The standard InChI is InChI=1S/C23H28N2O4S/c1-17(2)30(27,28)21-6-4-19(5-7-21)23(26)25-12-10-24(11-13-25)16-18-3-8-22-20(15-18)9-14-29-22/h3-8,15,17H,9-14,16H2,1-2H3. The number of rotatable bonds is 5. The molecule has 0 bridgehead atoms. The van der Waals surface area contributed by atoms with Crippen molar-refractivity contribution in [3.05, 3.63) is 59.2 Å². The highest BCUT2D eigenvalue weighted by atomic mass is 32.2. The fourth-order valence-electron chi connectivity index (χ4n) is 3.95. The van der Waals surface area contributed by atoms with Gasteiger partial charge < -0.3 is 9.64 Å². The van der Waals surface area contributed by atoms with Gasteiger partial charge in [0, 0.05) is 44.7 Å². The lowest BCUT2D eigenvalue weighted by molar-refractivity contribution is 0.0628. The summed E-state index contributed by atoms with van der Waals surface area (Å²) in [5, 5.41) is -0.481. The van der Waals surface area contributed by atoms with Gasteiger partial charge in [0.1, 0.15) is 5.75 Å². The molecule has 30 heavy (non-hydrogen) atoms. The summed E-state index contributed by atoms with van der Waals surface area (Å²) in [6.07, 6.45) is 0.975. The zero-order chi connectivity index (χ0) is 21.3. The van der Waals surface area contributed by atoms with E-state index < -0.39 is 15.1 Å². The molecule has 7 heteroatoms. The number of carbonyl (C=O) groups is 1. The normalized spacial score (nSPS) is 17.1. The Morgan fingerprint density at radius 3 is 2.40 bits per heavy atom. The Bertz CT molecular complexity index is 1020. The van der Waals surface area contributed by atoms with Crippen LogP contribution in [0.15, 0.2) is 47.4 Å². The van der Waals surface area contributed by atoms with Crippen LogP contribution < -0.4 is 4.74 Å². The van der Waals surface area contributed by atoms with E-state index in [1.165, 1.54) is 23.3 Å². The van der Waals surface area contributed by atoms with Gasteiger partial charge in [-0.3, -0.25) is 9.69 Å². The third kappa shape index (κ3) is 4.23. The molecule has 2 aromatic rings. The lowest BCUT2D eigenvalue weighted by Gasteiger charge is -2.35. The Morgan fingerprint density at radius 1 is 1.03 bits per heavy atom. The third-order valence-electron chi connectivity index (χ3n) is 5.87. The molecule has 0 unspecified atom stereocenters. The van der Waals surface area contributed by atoms with Crippen LogP contribution >= 0.6 is 0 Å². The summed E-state index contributed by atoms with van der Waals surface area (Å²) in [5.74, 6) is 0.958. The molecular formula is C23H28N2O4S. The smallest absolute Gasteiger partial charge is 0.253 e. The number of nitrogens with zero attached hydrogens (tertiary/aromatic N) is 2. The van der Waals surface area contributed by atoms with E-state index in [4.69, 9.17) is 4.74 Å². The highest BCUT2D eigenvalue weighted by Gasteiger charge is 2.24. The molecule has 4 rings (SSSR count). The van der Waals surface area contributed by atoms with Crippen molar-refractivity contribution in [3.63, 3.8) is 0 Å². The molecule has 1 fully saturated rings. The van der Waals surface area contributed by atoms with Gasteiger partial charge in [0.2, 0.25) is 0 Å². The molecule has 2 aliphatic heterocycles. The molecule has 0 atom stereocenters. The van der Waals surface area contributed by atoms with Crippen molar-refractivity contribution in [2.24, 2.45) is 0 Å². The van der Waals surface area contributed by atoms with Crippen LogP contribution in [0.25, 0.3) is 0 Å². The minimum absolute atomic E-state index is 0.0437. The second kappa shape index (κ2) is 8.40. The van der Waals surface area contributed by atoms with E-state index >= 15 is 0 Å². The Hall–Kier alpha value is -2.38. The monoisotopic (exact) mass is 428 g/mol. The maximum absolute atomic E-state index is 12.8. The van der Waals surface area contributed by atoms with Crippen LogP contribution in [-0.4, -0.2) is 62.2 Å². The maximum atomic E-state index is 12.8. The van der Waals surface area contributed by atoms with Gasteiger partial charge in [-0.15, -0.1) is 0 Å². The first kappa shape index (κ1) is 20.9. The van der Waals surface area contributed by atoms with Crippen molar-refractivity contribution in [3.8, 4) is 5.75 Å². The Balaban J connectivity index is 1.34. The number of carbonyl (C=O) groups excluding carboxylic acids is 1. The molecule has 0 saturated carbocycles. The van der Waals surface area contributed by atoms with Crippen molar-refractivity contribution >= 4 is 15.7 Å². The molecule has 0 aromatic heterocycles. The fraction of sp³-hybridized carbons (Fsp3) is 0.435. The topological polar surface area (TPSA) is 66.9 Å². The minimum atomic E-state index is -3.32. The van der Waals surface area contributed by atoms with Gasteiger partial charge in [-0.1, -0.05) is 12.1 Å². The Labute approximate surface area is 178 Å². The predicted molar refractivity (Wildman–Crippen MR) is 116 cm³/mol. The average Bonchev–Trinajstić information content (AvgIpc) is 3.22. The number of ether oxygens (including phenoxy) is 1. The summed E-state index contributed by atoms with van der Waals surface area (Å²) in [6, 6.07) is 12.7. The molecule has 160 valence electrons. The summed E-state index contributed by atoms with van der Waals surface area (Å²) < 4.78 is 30.1. The van der Waals surface area contributed by atoms with Crippen molar-refractivity contribution in [2.45, 2.75) is 37.0 Å².